The first-order valence-corrected chi connectivity index (χ1v) is 6.27. The molecular formula is C12H13N3O2S. The van der Waals surface area contributed by atoms with Crippen LogP contribution in [0.2, 0.25) is 0 Å². The fraction of sp³-hybridized carbons (Fsp3) is 0.167. The Morgan fingerprint density at radius 2 is 2.22 bits per heavy atom. The Morgan fingerprint density at radius 3 is 2.89 bits per heavy atom. The average molecular weight is 263 g/mol. The number of anilines is 1. The third-order valence-electron chi connectivity index (χ3n) is 2.39. The van der Waals surface area contributed by atoms with E-state index < -0.39 is 0 Å². The van der Waals surface area contributed by atoms with Crippen molar-refractivity contribution >= 4 is 22.9 Å². The molecule has 0 radical (unpaired) electrons. The number of hydrogen-bond acceptors (Lipinski definition) is 5. The highest BCUT2D eigenvalue weighted by Crippen LogP contribution is 2.17. The molecule has 18 heavy (non-hydrogen) atoms. The number of nitrogens with one attached hydrogen (secondary N) is 1. The molecule has 4 N–H and O–H groups in total. The minimum atomic E-state index is -0.299. The smallest absolute Gasteiger partial charge is 0.275 e. The third kappa shape index (κ3) is 2.73. The fourth-order valence-electron chi connectivity index (χ4n) is 1.48. The van der Waals surface area contributed by atoms with Gasteiger partial charge in [0.05, 0.1) is 6.61 Å². The third-order valence-corrected chi connectivity index (χ3v) is 3.27. The summed E-state index contributed by atoms with van der Waals surface area (Å²) < 4.78 is 0. The van der Waals surface area contributed by atoms with Crippen LogP contribution < -0.4 is 11.1 Å². The van der Waals surface area contributed by atoms with E-state index in [1.165, 1.54) is 11.3 Å². The molecule has 1 heterocycles. The van der Waals surface area contributed by atoms with Gasteiger partial charge in [-0.1, -0.05) is 18.2 Å². The molecule has 1 aromatic carbocycles. The van der Waals surface area contributed by atoms with Crippen molar-refractivity contribution in [3.8, 4) is 0 Å². The molecular weight excluding hydrogens is 250 g/mol. The van der Waals surface area contributed by atoms with Crippen LogP contribution in [0.3, 0.4) is 0 Å². The minimum Gasteiger partial charge on any atom is -0.392 e. The number of nitrogens with zero attached hydrogens (tertiary/aromatic N) is 1. The maximum absolute atomic E-state index is 11.9. The van der Waals surface area contributed by atoms with Crippen molar-refractivity contribution in [2.45, 2.75) is 13.2 Å². The molecule has 2 rings (SSSR count). The van der Waals surface area contributed by atoms with Gasteiger partial charge in [-0.2, -0.15) is 0 Å². The van der Waals surface area contributed by atoms with Gasteiger partial charge in [0.15, 0.2) is 0 Å². The van der Waals surface area contributed by atoms with Crippen molar-refractivity contribution < 1.29 is 9.90 Å². The highest BCUT2D eigenvalue weighted by Gasteiger charge is 2.11. The molecule has 0 aliphatic carbocycles. The Hall–Kier alpha value is -1.76. The van der Waals surface area contributed by atoms with E-state index in [1.807, 2.05) is 0 Å². The SMILES string of the molecule is NCc1nc(C(=O)Nc2ccccc2CO)cs1. The fourth-order valence-corrected chi connectivity index (χ4v) is 2.13. The van der Waals surface area contributed by atoms with Crippen LogP contribution in [0, 0.1) is 0 Å². The van der Waals surface area contributed by atoms with Gasteiger partial charge in [-0.15, -0.1) is 11.3 Å². The van der Waals surface area contributed by atoms with Crippen LogP contribution in [-0.2, 0) is 13.2 Å². The first-order valence-electron chi connectivity index (χ1n) is 5.39. The number of thiazole rings is 1. The Labute approximate surface area is 108 Å². The molecule has 0 saturated heterocycles. The van der Waals surface area contributed by atoms with Gasteiger partial charge in [0.25, 0.3) is 5.91 Å². The second-order valence-electron chi connectivity index (χ2n) is 3.60. The second kappa shape index (κ2) is 5.72. The molecule has 6 heteroatoms. The zero-order valence-electron chi connectivity index (χ0n) is 9.59. The van der Waals surface area contributed by atoms with E-state index in [-0.39, 0.29) is 12.5 Å². The van der Waals surface area contributed by atoms with Crippen LogP contribution in [-0.4, -0.2) is 16.0 Å². The molecule has 0 bridgehead atoms. The van der Waals surface area contributed by atoms with E-state index in [4.69, 9.17) is 10.8 Å². The molecule has 94 valence electrons. The van der Waals surface area contributed by atoms with E-state index in [9.17, 15) is 4.79 Å². The lowest BCUT2D eigenvalue weighted by Crippen LogP contribution is -2.14. The number of para-hydroxylation sites is 1. The van der Waals surface area contributed by atoms with Crippen LogP contribution in [0.1, 0.15) is 21.1 Å². The molecule has 0 aliphatic rings. The highest BCUT2D eigenvalue weighted by molar-refractivity contribution is 7.09. The topological polar surface area (TPSA) is 88.2 Å². The van der Waals surface area contributed by atoms with Crippen molar-refractivity contribution in [1.29, 1.82) is 0 Å². The number of aliphatic hydroxyl groups is 1. The lowest BCUT2D eigenvalue weighted by atomic mass is 10.2. The van der Waals surface area contributed by atoms with Gasteiger partial charge in [0.2, 0.25) is 0 Å². The predicted octanol–water partition coefficient (Wildman–Crippen LogP) is 1.35. The van der Waals surface area contributed by atoms with E-state index in [0.29, 0.717) is 23.5 Å². The lowest BCUT2D eigenvalue weighted by Gasteiger charge is -2.07. The van der Waals surface area contributed by atoms with Crippen LogP contribution >= 0.6 is 11.3 Å². The molecule has 0 fully saturated rings. The summed E-state index contributed by atoms with van der Waals surface area (Å²) in [5.41, 5.74) is 7.04. The predicted molar refractivity (Wildman–Crippen MR) is 70.3 cm³/mol. The van der Waals surface area contributed by atoms with E-state index in [0.717, 1.165) is 5.01 Å². The van der Waals surface area contributed by atoms with Crippen LogP contribution in [0.25, 0.3) is 0 Å². The molecule has 0 spiro atoms. The Balaban J connectivity index is 2.16. The molecule has 0 atom stereocenters. The normalized spacial score (nSPS) is 10.3. The Morgan fingerprint density at radius 1 is 1.44 bits per heavy atom. The number of benzene rings is 1. The summed E-state index contributed by atoms with van der Waals surface area (Å²) in [6.07, 6.45) is 0. The minimum absolute atomic E-state index is 0.123. The molecule has 1 aromatic heterocycles. The molecule has 5 nitrogen and oxygen atoms in total. The van der Waals surface area contributed by atoms with Gasteiger partial charge >= 0.3 is 0 Å². The standard InChI is InChI=1S/C12H13N3O2S/c13-5-11-14-10(7-18-11)12(17)15-9-4-2-1-3-8(9)6-16/h1-4,7,16H,5-6,13H2,(H,15,17). The number of carbonyl (C=O) groups is 1. The summed E-state index contributed by atoms with van der Waals surface area (Å²) in [6, 6.07) is 7.08. The number of aromatic nitrogens is 1. The first-order chi connectivity index (χ1) is 8.74. The van der Waals surface area contributed by atoms with Crippen LogP contribution in [0.4, 0.5) is 5.69 Å². The van der Waals surface area contributed by atoms with E-state index >= 15 is 0 Å². The van der Waals surface area contributed by atoms with E-state index in [1.54, 1.807) is 29.6 Å². The number of carbonyl (C=O) groups excluding carboxylic acids is 1. The van der Waals surface area contributed by atoms with Crippen molar-refractivity contribution in [3.05, 3.63) is 45.9 Å². The Kier molecular flexibility index (Phi) is 4.03. The van der Waals surface area contributed by atoms with Gasteiger partial charge < -0.3 is 16.2 Å². The van der Waals surface area contributed by atoms with Gasteiger partial charge in [0, 0.05) is 23.2 Å². The second-order valence-corrected chi connectivity index (χ2v) is 4.54. The molecule has 2 aromatic rings. The van der Waals surface area contributed by atoms with Crippen molar-refractivity contribution in [2.24, 2.45) is 5.73 Å². The largest absolute Gasteiger partial charge is 0.392 e. The number of aliphatic hydroxyl groups excluding tert-OH is 1. The van der Waals surface area contributed by atoms with Gasteiger partial charge in [-0.25, -0.2) is 4.98 Å². The maximum Gasteiger partial charge on any atom is 0.275 e. The summed E-state index contributed by atoms with van der Waals surface area (Å²) >= 11 is 1.35. The van der Waals surface area contributed by atoms with Crippen LogP contribution in [0.15, 0.2) is 29.6 Å². The number of hydrogen-bond donors (Lipinski definition) is 3. The summed E-state index contributed by atoms with van der Waals surface area (Å²) in [4.78, 5) is 16.0. The highest BCUT2D eigenvalue weighted by atomic mass is 32.1. The molecule has 0 saturated carbocycles. The van der Waals surface area contributed by atoms with Gasteiger partial charge in [-0.3, -0.25) is 4.79 Å². The van der Waals surface area contributed by atoms with Crippen molar-refractivity contribution in [1.82, 2.24) is 4.98 Å². The summed E-state index contributed by atoms with van der Waals surface area (Å²) in [6.45, 7) is 0.201. The first kappa shape index (κ1) is 12.7. The lowest BCUT2D eigenvalue weighted by molar-refractivity contribution is 0.102. The van der Waals surface area contributed by atoms with E-state index in [2.05, 4.69) is 10.3 Å². The zero-order valence-corrected chi connectivity index (χ0v) is 10.4. The van der Waals surface area contributed by atoms with Crippen molar-refractivity contribution in [2.75, 3.05) is 5.32 Å². The number of rotatable bonds is 4. The quantitative estimate of drug-likeness (QED) is 0.777. The summed E-state index contributed by atoms with van der Waals surface area (Å²) in [7, 11) is 0. The van der Waals surface area contributed by atoms with Crippen molar-refractivity contribution in [3.63, 3.8) is 0 Å². The van der Waals surface area contributed by atoms with Crippen LogP contribution in [0.5, 0.6) is 0 Å². The van der Waals surface area contributed by atoms with Gasteiger partial charge in [-0.05, 0) is 6.07 Å². The monoisotopic (exact) mass is 263 g/mol. The summed E-state index contributed by atoms with van der Waals surface area (Å²) in [5, 5.41) is 14.3. The Bertz CT molecular complexity index is 554. The molecule has 0 aliphatic heterocycles. The van der Waals surface area contributed by atoms with Gasteiger partial charge in [0.1, 0.15) is 10.7 Å². The zero-order chi connectivity index (χ0) is 13.0. The number of amides is 1. The molecule has 1 amide bonds. The average Bonchev–Trinajstić information content (AvgIpc) is 2.88. The summed E-state index contributed by atoms with van der Waals surface area (Å²) in [5.74, 6) is -0.299. The maximum atomic E-state index is 11.9. The molecule has 0 unspecified atom stereocenters. The number of nitrogens with two attached hydrogens (primary N) is 1.